The number of amides is 1. The van der Waals surface area contributed by atoms with Crippen LogP contribution in [-0.4, -0.2) is 38.3 Å². The molecule has 0 saturated heterocycles. The topological polar surface area (TPSA) is 107 Å². The number of hydrogen-bond acceptors (Lipinski definition) is 7. The Kier molecular flexibility index (Phi) is 5.65. The largest absolute Gasteiger partial charge is 0.493 e. The lowest BCUT2D eigenvalue weighted by atomic mass is 10.1. The summed E-state index contributed by atoms with van der Waals surface area (Å²) in [4.78, 5) is 24.8. The van der Waals surface area contributed by atoms with E-state index in [4.69, 9.17) is 24.2 Å². The normalized spacial score (nSPS) is 13.0. The molecular weight excluding hydrogens is 364 g/mol. The summed E-state index contributed by atoms with van der Waals surface area (Å²) in [5, 5.41) is 11.5. The zero-order valence-electron chi connectivity index (χ0n) is 15.4. The third kappa shape index (κ3) is 4.15. The quantitative estimate of drug-likeness (QED) is 0.792. The molecule has 28 heavy (non-hydrogen) atoms. The highest BCUT2D eigenvalue weighted by Crippen LogP contribution is 2.40. The summed E-state index contributed by atoms with van der Waals surface area (Å²) in [5.41, 5.74) is 1.02. The van der Waals surface area contributed by atoms with Gasteiger partial charge in [0.1, 0.15) is 13.2 Å². The van der Waals surface area contributed by atoms with Gasteiger partial charge in [-0.15, -0.1) is 0 Å². The van der Waals surface area contributed by atoms with Gasteiger partial charge in [0.05, 0.1) is 24.3 Å². The van der Waals surface area contributed by atoms with Gasteiger partial charge in [0.25, 0.3) is 5.91 Å². The minimum absolute atomic E-state index is 0.173. The van der Waals surface area contributed by atoms with Crippen molar-refractivity contribution in [2.45, 2.75) is 13.0 Å². The number of nitriles is 1. The highest BCUT2D eigenvalue weighted by atomic mass is 16.6. The van der Waals surface area contributed by atoms with E-state index in [1.807, 2.05) is 6.07 Å². The predicted octanol–water partition coefficient (Wildman–Crippen LogP) is 2.52. The molecule has 0 spiro atoms. The molecule has 0 unspecified atom stereocenters. The Morgan fingerprint density at radius 3 is 2.75 bits per heavy atom. The molecular formula is C20H18N2O6. The Morgan fingerprint density at radius 2 is 2.00 bits per heavy atom. The van der Waals surface area contributed by atoms with Gasteiger partial charge in [0.15, 0.2) is 17.6 Å². The van der Waals surface area contributed by atoms with E-state index in [2.05, 4.69) is 5.32 Å². The molecule has 0 radical (unpaired) electrons. The maximum Gasteiger partial charge on any atom is 0.339 e. The molecule has 8 nitrogen and oxygen atoms in total. The van der Waals surface area contributed by atoms with E-state index in [9.17, 15) is 9.59 Å². The van der Waals surface area contributed by atoms with Crippen LogP contribution in [0.2, 0.25) is 0 Å². The van der Waals surface area contributed by atoms with Crippen molar-refractivity contribution in [3.63, 3.8) is 0 Å². The molecule has 0 aromatic heterocycles. The molecule has 2 aromatic carbocycles. The van der Waals surface area contributed by atoms with Crippen molar-refractivity contribution < 1.29 is 28.5 Å². The van der Waals surface area contributed by atoms with Crippen molar-refractivity contribution >= 4 is 17.6 Å². The van der Waals surface area contributed by atoms with Gasteiger partial charge in [-0.05, 0) is 37.3 Å². The minimum atomic E-state index is -1.06. The molecule has 0 fully saturated rings. The summed E-state index contributed by atoms with van der Waals surface area (Å²) in [6, 6.07) is 11.4. The van der Waals surface area contributed by atoms with Crippen molar-refractivity contribution in [3.8, 4) is 23.3 Å². The molecule has 1 N–H and O–H groups in total. The lowest BCUT2D eigenvalue weighted by molar-refractivity contribution is -0.123. The van der Waals surface area contributed by atoms with E-state index < -0.39 is 18.0 Å². The smallest absolute Gasteiger partial charge is 0.339 e. The number of benzene rings is 2. The molecule has 1 heterocycles. The van der Waals surface area contributed by atoms with Crippen LogP contribution in [0, 0.1) is 11.3 Å². The first kappa shape index (κ1) is 19.0. The SMILES string of the molecule is COc1cc(C(=O)O[C@H](C)C(=O)Nc2cccc(C#N)c2)cc2c1OCCO2. The van der Waals surface area contributed by atoms with Gasteiger partial charge in [0, 0.05) is 5.69 Å². The second-order valence-corrected chi connectivity index (χ2v) is 5.93. The second-order valence-electron chi connectivity index (χ2n) is 5.93. The summed E-state index contributed by atoms with van der Waals surface area (Å²) in [5.74, 6) is -0.0809. The van der Waals surface area contributed by atoms with Crippen LogP contribution < -0.4 is 19.5 Å². The molecule has 1 atom stereocenters. The summed E-state index contributed by atoms with van der Waals surface area (Å²) in [7, 11) is 1.45. The van der Waals surface area contributed by atoms with Gasteiger partial charge in [-0.25, -0.2) is 4.79 Å². The molecule has 1 aliphatic heterocycles. The molecule has 0 saturated carbocycles. The molecule has 3 rings (SSSR count). The van der Waals surface area contributed by atoms with Gasteiger partial charge >= 0.3 is 5.97 Å². The van der Waals surface area contributed by atoms with Crippen LogP contribution in [0.4, 0.5) is 5.69 Å². The number of nitrogens with zero attached hydrogens (tertiary/aromatic N) is 1. The number of ether oxygens (including phenoxy) is 4. The maximum absolute atomic E-state index is 12.5. The number of anilines is 1. The van der Waals surface area contributed by atoms with Crippen molar-refractivity contribution in [1.82, 2.24) is 0 Å². The Labute approximate surface area is 161 Å². The van der Waals surface area contributed by atoms with Crippen LogP contribution in [0.1, 0.15) is 22.8 Å². The molecule has 1 aliphatic rings. The molecule has 8 heteroatoms. The average Bonchev–Trinajstić information content (AvgIpc) is 2.72. The number of rotatable bonds is 5. The summed E-state index contributed by atoms with van der Waals surface area (Å²) in [6.45, 7) is 2.20. The van der Waals surface area contributed by atoms with Gasteiger partial charge < -0.3 is 24.3 Å². The van der Waals surface area contributed by atoms with E-state index in [1.54, 1.807) is 18.2 Å². The fourth-order valence-electron chi connectivity index (χ4n) is 2.58. The third-order valence-electron chi connectivity index (χ3n) is 3.98. The monoisotopic (exact) mass is 382 g/mol. The third-order valence-corrected chi connectivity index (χ3v) is 3.98. The highest BCUT2D eigenvalue weighted by molar-refractivity contribution is 5.97. The van der Waals surface area contributed by atoms with Crippen LogP contribution in [0.3, 0.4) is 0 Å². The number of methoxy groups -OCH3 is 1. The van der Waals surface area contributed by atoms with Crippen LogP contribution in [0.25, 0.3) is 0 Å². The van der Waals surface area contributed by atoms with Crippen LogP contribution >= 0.6 is 0 Å². The predicted molar refractivity (Wildman–Crippen MR) is 98.6 cm³/mol. The van der Waals surface area contributed by atoms with Gasteiger partial charge in [0.2, 0.25) is 5.75 Å². The number of esters is 1. The summed E-state index contributed by atoms with van der Waals surface area (Å²) in [6.07, 6.45) is -1.06. The Hall–Kier alpha value is -3.73. The Morgan fingerprint density at radius 1 is 1.21 bits per heavy atom. The molecule has 0 bridgehead atoms. The first-order chi connectivity index (χ1) is 13.5. The minimum Gasteiger partial charge on any atom is -0.493 e. The maximum atomic E-state index is 12.5. The molecule has 1 amide bonds. The lowest BCUT2D eigenvalue weighted by Crippen LogP contribution is -2.30. The molecule has 2 aromatic rings. The van der Waals surface area contributed by atoms with Gasteiger partial charge in [-0.2, -0.15) is 5.26 Å². The number of hydrogen-bond donors (Lipinski definition) is 1. The van der Waals surface area contributed by atoms with Crippen molar-refractivity contribution in [3.05, 3.63) is 47.5 Å². The average molecular weight is 382 g/mol. The van der Waals surface area contributed by atoms with E-state index in [1.165, 1.54) is 32.2 Å². The van der Waals surface area contributed by atoms with Crippen LogP contribution in [0.5, 0.6) is 17.2 Å². The van der Waals surface area contributed by atoms with E-state index >= 15 is 0 Å². The zero-order chi connectivity index (χ0) is 20.1. The first-order valence-electron chi connectivity index (χ1n) is 8.51. The van der Waals surface area contributed by atoms with Crippen molar-refractivity contribution in [1.29, 1.82) is 5.26 Å². The number of nitrogens with one attached hydrogen (secondary N) is 1. The fraction of sp³-hybridized carbons (Fsp3) is 0.250. The molecule has 0 aliphatic carbocycles. The van der Waals surface area contributed by atoms with Crippen LogP contribution in [0.15, 0.2) is 36.4 Å². The number of carbonyl (C=O) groups excluding carboxylic acids is 2. The highest BCUT2D eigenvalue weighted by Gasteiger charge is 2.24. The number of carbonyl (C=O) groups is 2. The van der Waals surface area contributed by atoms with E-state index in [0.717, 1.165) is 0 Å². The first-order valence-corrected chi connectivity index (χ1v) is 8.51. The van der Waals surface area contributed by atoms with Gasteiger partial charge in [-0.1, -0.05) is 6.07 Å². The summed E-state index contributed by atoms with van der Waals surface area (Å²) >= 11 is 0. The van der Waals surface area contributed by atoms with Crippen LogP contribution in [-0.2, 0) is 9.53 Å². The van der Waals surface area contributed by atoms with E-state index in [-0.39, 0.29) is 5.56 Å². The van der Waals surface area contributed by atoms with Crippen molar-refractivity contribution in [2.24, 2.45) is 0 Å². The lowest BCUT2D eigenvalue weighted by Gasteiger charge is -2.21. The number of fused-ring (bicyclic) bond motifs is 1. The summed E-state index contributed by atoms with van der Waals surface area (Å²) < 4.78 is 21.5. The standard InChI is InChI=1S/C20H18N2O6/c1-12(19(23)22-15-5-3-4-13(8-15)11-21)28-20(24)14-9-16(25-2)18-17(10-14)26-6-7-27-18/h3-5,8-10,12H,6-7H2,1-2H3,(H,22,23)/t12-/m1/s1. The molecule has 144 valence electrons. The van der Waals surface area contributed by atoms with E-state index in [0.29, 0.717) is 41.7 Å². The second kappa shape index (κ2) is 8.31. The fourth-order valence-corrected chi connectivity index (χ4v) is 2.58. The van der Waals surface area contributed by atoms with Gasteiger partial charge in [-0.3, -0.25) is 4.79 Å². The Bertz CT molecular complexity index is 933. The van der Waals surface area contributed by atoms with Crippen molar-refractivity contribution in [2.75, 3.05) is 25.6 Å². The Balaban J connectivity index is 1.70. The zero-order valence-corrected chi connectivity index (χ0v) is 15.4.